The van der Waals surface area contributed by atoms with Gasteiger partial charge in [-0.1, -0.05) is 23.7 Å². The molecule has 8 heteroatoms. The molecule has 25 heavy (non-hydrogen) atoms. The van der Waals surface area contributed by atoms with Crippen LogP contribution in [0.2, 0.25) is 5.02 Å². The number of aryl methyl sites for hydroxylation is 1. The fraction of sp³-hybridized carbons (Fsp3) is 0.176. The number of hydrogen-bond donors (Lipinski definition) is 1. The van der Waals surface area contributed by atoms with Gasteiger partial charge in [0.2, 0.25) is 11.7 Å². The summed E-state index contributed by atoms with van der Waals surface area (Å²) in [5.41, 5.74) is 1.64. The average molecular weight is 374 g/mol. The highest BCUT2D eigenvalue weighted by Crippen LogP contribution is 2.24. The third kappa shape index (κ3) is 4.58. The summed E-state index contributed by atoms with van der Waals surface area (Å²) in [6, 6.07) is 14.9. The number of amides is 1. The van der Waals surface area contributed by atoms with Gasteiger partial charge in [0, 0.05) is 21.9 Å². The number of aromatic nitrogens is 4. The van der Waals surface area contributed by atoms with Crippen LogP contribution in [0, 0.1) is 0 Å². The van der Waals surface area contributed by atoms with E-state index in [1.54, 1.807) is 23.9 Å². The number of tetrazole rings is 1. The van der Waals surface area contributed by atoms with E-state index in [2.05, 4.69) is 20.7 Å². The number of rotatable bonds is 6. The number of carbonyl (C=O) groups excluding carboxylic acids is 1. The van der Waals surface area contributed by atoms with E-state index in [4.69, 9.17) is 11.6 Å². The summed E-state index contributed by atoms with van der Waals surface area (Å²) < 4.78 is 0. The highest BCUT2D eigenvalue weighted by atomic mass is 35.5. The number of carbonyl (C=O) groups is 1. The molecule has 0 aliphatic rings. The zero-order valence-corrected chi connectivity index (χ0v) is 15.1. The number of nitrogens with one attached hydrogen (secondary N) is 1. The first-order chi connectivity index (χ1) is 12.2. The second-order valence-electron chi connectivity index (χ2n) is 5.21. The number of hydrogen-bond acceptors (Lipinski definition) is 5. The highest BCUT2D eigenvalue weighted by molar-refractivity contribution is 7.98. The van der Waals surface area contributed by atoms with Crippen molar-refractivity contribution >= 4 is 35.0 Å². The molecule has 2 aromatic carbocycles. The molecule has 1 amide bonds. The maximum absolute atomic E-state index is 12.1. The number of thioether (sulfide) groups is 1. The second-order valence-corrected chi connectivity index (χ2v) is 6.50. The van der Waals surface area contributed by atoms with Crippen molar-refractivity contribution in [2.24, 2.45) is 0 Å². The topological polar surface area (TPSA) is 72.7 Å². The van der Waals surface area contributed by atoms with Crippen molar-refractivity contribution in [2.75, 3.05) is 11.6 Å². The summed E-state index contributed by atoms with van der Waals surface area (Å²) in [6.07, 6.45) is 2.24. The van der Waals surface area contributed by atoms with Gasteiger partial charge in [0.1, 0.15) is 0 Å². The van der Waals surface area contributed by atoms with Crippen LogP contribution in [0.1, 0.15) is 6.42 Å². The summed E-state index contributed by atoms with van der Waals surface area (Å²) in [4.78, 5) is 14.6. The van der Waals surface area contributed by atoms with E-state index < -0.39 is 0 Å². The van der Waals surface area contributed by atoms with Crippen LogP contribution < -0.4 is 5.32 Å². The van der Waals surface area contributed by atoms with Gasteiger partial charge in [-0.15, -0.1) is 22.0 Å². The Balaban J connectivity index is 1.58. The minimum atomic E-state index is -0.0909. The number of nitrogens with zero attached hydrogens (tertiary/aromatic N) is 4. The molecule has 0 spiro atoms. The van der Waals surface area contributed by atoms with Crippen LogP contribution in [-0.2, 0) is 11.3 Å². The maximum atomic E-state index is 12.1. The summed E-state index contributed by atoms with van der Waals surface area (Å²) in [7, 11) is 0. The molecule has 3 aromatic rings. The number of para-hydroxylation sites is 1. The van der Waals surface area contributed by atoms with Gasteiger partial charge in [0.15, 0.2) is 0 Å². The molecule has 0 atom stereocenters. The molecule has 6 nitrogen and oxygen atoms in total. The molecule has 0 bridgehead atoms. The van der Waals surface area contributed by atoms with E-state index in [1.165, 1.54) is 4.80 Å². The Morgan fingerprint density at radius 1 is 1.20 bits per heavy atom. The lowest BCUT2D eigenvalue weighted by atomic mass is 10.2. The first-order valence-electron chi connectivity index (χ1n) is 7.62. The van der Waals surface area contributed by atoms with Gasteiger partial charge >= 0.3 is 0 Å². The molecule has 0 fully saturated rings. The molecular weight excluding hydrogens is 358 g/mol. The molecule has 0 aliphatic heterocycles. The van der Waals surface area contributed by atoms with Gasteiger partial charge in [-0.2, -0.15) is 4.80 Å². The predicted molar refractivity (Wildman–Crippen MR) is 99.7 cm³/mol. The highest BCUT2D eigenvalue weighted by Gasteiger charge is 2.09. The molecule has 0 unspecified atom stereocenters. The van der Waals surface area contributed by atoms with Gasteiger partial charge < -0.3 is 5.32 Å². The Kier molecular flexibility index (Phi) is 5.67. The standard InChI is InChI=1S/C17H16ClN5OS/c1-25-15-5-3-2-4-14(15)19-16(24)10-11-23-21-17(20-22-23)12-6-8-13(18)9-7-12/h2-9H,10-11H2,1H3,(H,19,24). The smallest absolute Gasteiger partial charge is 0.226 e. The minimum absolute atomic E-state index is 0.0909. The first kappa shape index (κ1) is 17.4. The zero-order chi connectivity index (χ0) is 17.6. The van der Waals surface area contributed by atoms with Crippen LogP contribution in [0.15, 0.2) is 53.4 Å². The van der Waals surface area contributed by atoms with E-state index in [1.807, 2.05) is 42.7 Å². The quantitative estimate of drug-likeness (QED) is 0.666. The van der Waals surface area contributed by atoms with Crippen LogP contribution in [0.5, 0.6) is 0 Å². The lowest BCUT2D eigenvalue weighted by Gasteiger charge is -2.08. The zero-order valence-electron chi connectivity index (χ0n) is 13.5. The van der Waals surface area contributed by atoms with Crippen LogP contribution in [0.25, 0.3) is 11.4 Å². The minimum Gasteiger partial charge on any atom is -0.325 e. The van der Waals surface area contributed by atoms with Crippen LogP contribution in [0.4, 0.5) is 5.69 Å². The fourth-order valence-corrected chi connectivity index (χ4v) is 2.89. The lowest BCUT2D eigenvalue weighted by molar-refractivity contribution is -0.116. The first-order valence-corrected chi connectivity index (χ1v) is 9.22. The third-order valence-electron chi connectivity index (χ3n) is 3.48. The van der Waals surface area contributed by atoms with Gasteiger partial charge in [-0.25, -0.2) is 0 Å². The molecule has 1 N–H and O–H groups in total. The van der Waals surface area contributed by atoms with Crippen molar-refractivity contribution in [3.63, 3.8) is 0 Å². The van der Waals surface area contributed by atoms with Crippen molar-refractivity contribution in [1.29, 1.82) is 0 Å². The maximum Gasteiger partial charge on any atom is 0.226 e. The Labute approximate surface area is 154 Å². The molecular formula is C17H16ClN5OS. The van der Waals surface area contributed by atoms with E-state index in [9.17, 15) is 4.79 Å². The van der Waals surface area contributed by atoms with Crippen molar-refractivity contribution < 1.29 is 4.79 Å². The Morgan fingerprint density at radius 2 is 1.96 bits per heavy atom. The van der Waals surface area contributed by atoms with E-state index in [0.29, 0.717) is 17.4 Å². The second kappa shape index (κ2) is 8.13. The Morgan fingerprint density at radius 3 is 2.72 bits per heavy atom. The van der Waals surface area contributed by atoms with E-state index in [0.717, 1.165) is 16.1 Å². The monoisotopic (exact) mass is 373 g/mol. The molecule has 1 heterocycles. The van der Waals surface area contributed by atoms with Gasteiger partial charge in [0.25, 0.3) is 0 Å². The lowest BCUT2D eigenvalue weighted by Crippen LogP contribution is -2.16. The molecule has 0 saturated carbocycles. The molecule has 128 valence electrons. The number of benzene rings is 2. The van der Waals surface area contributed by atoms with E-state index in [-0.39, 0.29) is 12.3 Å². The molecule has 0 saturated heterocycles. The summed E-state index contributed by atoms with van der Waals surface area (Å²) in [6.45, 7) is 0.355. The van der Waals surface area contributed by atoms with Crippen molar-refractivity contribution in [1.82, 2.24) is 20.2 Å². The van der Waals surface area contributed by atoms with Crippen molar-refractivity contribution in [3.05, 3.63) is 53.6 Å². The molecule has 1 aromatic heterocycles. The number of anilines is 1. The Bertz CT molecular complexity index is 865. The van der Waals surface area contributed by atoms with E-state index >= 15 is 0 Å². The predicted octanol–water partition coefficient (Wildman–Crippen LogP) is 3.74. The summed E-state index contributed by atoms with van der Waals surface area (Å²) in [5.74, 6) is 0.414. The SMILES string of the molecule is CSc1ccccc1NC(=O)CCn1nnc(-c2ccc(Cl)cc2)n1. The van der Waals surface area contributed by atoms with Crippen molar-refractivity contribution in [3.8, 4) is 11.4 Å². The normalized spacial score (nSPS) is 10.6. The molecule has 0 aliphatic carbocycles. The third-order valence-corrected chi connectivity index (χ3v) is 4.52. The Hall–Kier alpha value is -2.38. The van der Waals surface area contributed by atoms with Gasteiger partial charge in [0.05, 0.1) is 12.2 Å². The van der Waals surface area contributed by atoms with Crippen LogP contribution in [0.3, 0.4) is 0 Å². The van der Waals surface area contributed by atoms with Crippen LogP contribution in [-0.4, -0.2) is 32.4 Å². The summed E-state index contributed by atoms with van der Waals surface area (Å²) in [5, 5.41) is 15.8. The van der Waals surface area contributed by atoms with Crippen LogP contribution >= 0.6 is 23.4 Å². The van der Waals surface area contributed by atoms with Crippen molar-refractivity contribution in [2.45, 2.75) is 17.9 Å². The van der Waals surface area contributed by atoms with Gasteiger partial charge in [-0.3, -0.25) is 4.79 Å². The van der Waals surface area contributed by atoms with Gasteiger partial charge in [-0.05, 0) is 47.9 Å². The largest absolute Gasteiger partial charge is 0.325 e. The fourth-order valence-electron chi connectivity index (χ4n) is 2.21. The molecule has 3 rings (SSSR count). The summed E-state index contributed by atoms with van der Waals surface area (Å²) >= 11 is 7.46. The average Bonchev–Trinajstić information content (AvgIpc) is 3.10. The molecule has 0 radical (unpaired) electrons. The number of halogens is 1.